The molecule has 2 aromatic carbocycles. The Morgan fingerprint density at radius 2 is 1.86 bits per heavy atom. The van der Waals surface area contributed by atoms with Crippen molar-refractivity contribution < 1.29 is 23.5 Å². The monoisotopic (exact) mass is 480 g/mol. The normalized spacial score (nSPS) is 14.8. The maximum absolute atomic E-state index is 12.4. The minimum absolute atomic E-state index is 0.0509. The SMILES string of the molecule is Cc1cc(N)cc2nc(-c3ccc(NC(=O)COC4CCN(C(=O)OC(C)(C)C)CC4)cc3)oc12. The fourth-order valence-electron chi connectivity index (χ4n) is 3.97. The molecule has 1 saturated heterocycles. The molecule has 9 heteroatoms. The van der Waals surface area contributed by atoms with E-state index in [2.05, 4.69) is 10.3 Å². The predicted molar refractivity (Wildman–Crippen MR) is 134 cm³/mol. The van der Waals surface area contributed by atoms with Gasteiger partial charge in [-0.05, 0) is 82.5 Å². The molecule has 35 heavy (non-hydrogen) atoms. The first-order valence-electron chi connectivity index (χ1n) is 11.7. The molecule has 3 N–H and O–H groups in total. The van der Waals surface area contributed by atoms with Gasteiger partial charge in [-0.1, -0.05) is 0 Å². The molecular formula is C26H32N4O5. The van der Waals surface area contributed by atoms with Gasteiger partial charge >= 0.3 is 6.09 Å². The first-order chi connectivity index (χ1) is 16.6. The highest BCUT2D eigenvalue weighted by atomic mass is 16.6. The fourth-order valence-corrected chi connectivity index (χ4v) is 3.97. The molecule has 0 radical (unpaired) electrons. The number of nitrogens with zero attached hydrogens (tertiary/aromatic N) is 2. The molecule has 2 heterocycles. The van der Waals surface area contributed by atoms with Gasteiger partial charge in [-0.2, -0.15) is 0 Å². The quantitative estimate of drug-likeness (QED) is 0.506. The lowest BCUT2D eigenvalue weighted by Crippen LogP contribution is -2.43. The van der Waals surface area contributed by atoms with E-state index < -0.39 is 5.60 Å². The lowest BCUT2D eigenvalue weighted by atomic mass is 10.1. The summed E-state index contributed by atoms with van der Waals surface area (Å²) in [5.74, 6) is 0.257. The van der Waals surface area contributed by atoms with Crippen LogP contribution in [0.25, 0.3) is 22.6 Å². The van der Waals surface area contributed by atoms with Crippen LogP contribution in [0.5, 0.6) is 0 Å². The van der Waals surface area contributed by atoms with Crippen LogP contribution in [0.1, 0.15) is 39.2 Å². The average Bonchev–Trinajstić information content (AvgIpc) is 3.22. The second-order valence-corrected chi connectivity index (χ2v) is 9.81. The number of anilines is 2. The number of rotatable bonds is 5. The summed E-state index contributed by atoms with van der Waals surface area (Å²) in [5.41, 5.74) is 9.82. The molecule has 1 aromatic heterocycles. The number of nitrogen functional groups attached to an aromatic ring is 1. The van der Waals surface area contributed by atoms with Crippen molar-refractivity contribution in [1.29, 1.82) is 0 Å². The van der Waals surface area contributed by atoms with Crippen molar-refractivity contribution in [3.8, 4) is 11.5 Å². The van der Waals surface area contributed by atoms with E-state index in [0.717, 1.165) is 11.1 Å². The third kappa shape index (κ3) is 6.30. The van der Waals surface area contributed by atoms with Gasteiger partial charge in [0.2, 0.25) is 11.8 Å². The summed E-state index contributed by atoms with van der Waals surface area (Å²) in [7, 11) is 0. The van der Waals surface area contributed by atoms with Crippen molar-refractivity contribution in [3.05, 3.63) is 42.0 Å². The second-order valence-electron chi connectivity index (χ2n) is 9.81. The molecule has 1 aliphatic heterocycles. The van der Waals surface area contributed by atoms with Crippen LogP contribution in [0, 0.1) is 6.92 Å². The highest BCUT2D eigenvalue weighted by Crippen LogP contribution is 2.29. The van der Waals surface area contributed by atoms with Crippen molar-refractivity contribution in [1.82, 2.24) is 9.88 Å². The van der Waals surface area contributed by atoms with Crippen LogP contribution >= 0.6 is 0 Å². The fraction of sp³-hybridized carbons (Fsp3) is 0.423. The van der Waals surface area contributed by atoms with Crippen molar-refractivity contribution in [2.24, 2.45) is 0 Å². The number of nitrogens with two attached hydrogens (primary N) is 1. The van der Waals surface area contributed by atoms with E-state index >= 15 is 0 Å². The molecule has 1 fully saturated rings. The summed E-state index contributed by atoms with van der Waals surface area (Å²) in [6.45, 7) is 8.51. The van der Waals surface area contributed by atoms with Crippen LogP contribution < -0.4 is 11.1 Å². The summed E-state index contributed by atoms with van der Waals surface area (Å²) < 4.78 is 17.1. The van der Waals surface area contributed by atoms with Crippen LogP contribution in [0.3, 0.4) is 0 Å². The maximum atomic E-state index is 12.4. The Balaban J connectivity index is 1.25. The summed E-state index contributed by atoms with van der Waals surface area (Å²) in [6, 6.07) is 10.9. The Morgan fingerprint density at radius 1 is 1.17 bits per heavy atom. The van der Waals surface area contributed by atoms with Gasteiger partial charge in [0.1, 0.15) is 17.7 Å². The zero-order chi connectivity index (χ0) is 25.2. The summed E-state index contributed by atoms with van der Waals surface area (Å²) >= 11 is 0. The van der Waals surface area contributed by atoms with Gasteiger partial charge in [0.05, 0.1) is 6.10 Å². The van der Waals surface area contributed by atoms with Gasteiger partial charge in [0.25, 0.3) is 0 Å². The maximum Gasteiger partial charge on any atom is 0.410 e. The van der Waals surface area contributed by atoms with Crippen LogP contribution in [-0.2, 0) is 14.3 Å². The molecule has 0 bridgehead atoms. The Kier molecular flexibility index (Phi) is 6.98. The number of piperidine rings is 1. The van der Waals surface area contributed by atoms with E-state index in [9.17, 15) is 9.59 Å². The number of amides is 2. The van der Waals surface area contributed by atoms with Gasteiger partial charge in [-0.25, -0.2) is 9.78 Å². The van der Waals surface area contributed by atoms with Crippen LogP contribution in [0.2, 0.25) is 0 Å². The Labute approximate surface area is 204 Å². The molecule has 1 aliphatic rings. The number of nitrogens with one attached hydrogen (secondary N) is 1. The number of fused-ring (bicyclic) bond motifs is 1. The number of ether oxygens (including phenoxy) is 2. The van der Waals surface area contributed by atoms with Crippen LogP contribution in [0.15, 0.2) is 40.8 Å². The topological polar surface area (TPSA) is 120 Å². The first kappa shape index (κ1) is 24.5. The number of aryl methyl sites for hydroxylation is 1. The minimum Gasteiger partial charge on any atom is -0.444 e. The predicted octanol–water partition coefficient (Wildman–Crippen LogP) is 4.74. The molecule has 0 aliphatic carbocycles. The molecule has 0 spiro atoms. The number of hydrogen-bond acceptors (Lipinski definition) is 7. The lowest BCUT2D eigenvalue weighted by molar-refractivity contribution is -0.123. The van der Waals surface area contributed by atoms with Crippen molar-refractivity contribution in [2.45, 2.75) is 52.2 Å². The molecule has 3 aromatic rings. The van der Waals surface area contributed by atoms with Crippen LogP contribution in [0.4, 0.5) is 16.2 Å². The number of benzene rings is 2. The van der Waals surface area contributed by atoms with Gasteiger partial charge < -0.3 is 29.8 Å². The lowest BCUT2D eigenvalue weighted by Gasteiger charge is -2.33. The van der Waals surface area contributed by atoms with Crippen molar-refractivity contribution in [3.63, 3.8) is 0 Å². The van der Waals surface area contributed by atoms with E-state index in [1.54, 1.807) is 23.1 Å². The molecular weight excluding hydrogens is 448 g/mol. The second kappa shape index (κ2) is 9.95. The molecule has 0 atom stereocenters. The summed E-state index contributed by atoms with van der Waals surface area (Å²) in [4.78, 5) is 30.7. The van der Waals surface area contributed by atoms with Gasteiger partial charge in [-0.3, -0.25) is 4.79 Å². The number of oxazole rings is 1. The van der Waals surface area contributed by atoms with Crippen molar-refractivity contribution >= 4 is 34.5 Å². The van der Waals surface area contributed by atoms with E-state index in [1.165, 1.54) is 0 Å². The Hall–Kier alpha value is -3.59. The molecule has 9 nitrogen and oxygen atoms in total. The standard InChI is InChI=1S/C26H32N4O5/c1-16-13-18(27)14-21-23(16)34-24(29-21)17-5-7-19(8-6-17)28-22(31)15-33-20-9-11-30(12-10-20)25(32)35-26(2,3)4/h5-8,13-14,20H,9-12,15,27H2,1-4H3,(H,28,31). The zero-order valence-corrected chi connectivity index (χ0v) is 20.6. The Bertz CT molecular complexity index is 1200. The van der Waals surface area contributed by atoms with E-state index in [0.29, 0.717) is 54.3 Å². The number of likely N-dealkylation sites (tertiary alicyclic amines) is 1. The third-order valence-corrected chi connectivity index (χ3v) is 5.66. The zero-order valence-electron chi connectivity index (χ0n) is 20.6. The van der Waals surface area contributed by atoms with E-state index in [4.69, 9.17) is 19.6 Å². The van der Waals surface area contributed by atoms with E-state index in [-0.39, 0.29) is 24.7 Å². The number of hydrogen-bond donors (Lipinski definition) is 2. The average molecular weight is 481 g/mol. The molecule has 0 saturated carbocycles. The third-order valence-electron chi connectivity index (χ3n) is 5.66. The van der Waals surface area contributed by atoms with Gasteiger partial charge in [0.15, 0.2) is 5.58 Å². The number of carbonyl (C=O) groups excluding carboxylic acids is 2. The van der Waals surface area contributed by atoms with E-state index in [1.807, 2.05) is 45.9 Å². The Morgan fingerprint density at radius 3 is 2.51 bits per heavy atom. The first-order valence-corrected chi connectivity index (χ1v) is 11.7. The molecule has 186 valence electrons. The van der Waals surface area contributed by atoms with Crippen LogP contribution in [-0.4, -0.2) is 53.3 Å². The van der Waals surface area contributed by atoms with Crippen molar-refractivity contribution in [2.75, 3.05) is 30.7 Å². The largest absolute Gasteiger partial charge is 0.444 e. The minimum atomic E-state index is -0.517. The highest BCUT2D eigenvalue weighted by molar-refractivity contribution is 5.92. The smallest absolute Gasteiger partial charge is 0.410 e. The molecule has 0 unspecified atom stereocenters. The molecule has 4 rings (SSSR count). The number of aromatic nitrogens is 1. The highest BCUT2D eigenvalue weighted by Gasteiger charge is 2.27. The molecule has 2 amide bonds. The summed E-state index contributed by atoms with van der Waals surface area (Å²) in [6.07, 6.45) is 0.945. The van der Waals surface area contributed by atoms with Gasteiger partial charge in [0, 0.05) is 30.0 Å². The summed E-state index contributed by atoms with van der Waals surface area (Å²) in [5, 5.41) is 2.84. The van der Waals surface area contributed by atoms with Gasteiger partial charge in [-0.15, -0.1) is 0 Å². The number of carbonyl (C=O) groups is 2.